The molecule has 0 bridgehead atoms. The molecule has 0 saturated carbocycles. The highest BCUT2D eigenvalue weighted by atomic mass is 16.5. The summed E-state index contributed by atoms with van der Waals surface area (Å²) in [7, 11) is 0. The van der Waals surface area contributed by atoms with Crippen molar-refractivity contribution in [2.24, 2.45) is 5.73 Å². The number of aromatic nitrogens is 2. The molecular formula is C22H20N4O4. The first kappa shape index (κ1) is 20.6. The van der Waals surface area contributed by atoms with Gasteiger partial charge in [0.15, 0.2) is 0 Å². The lowest BCUT2D eigenvalue weighted by Gasteiger charge is -2.06. The van der Waals surface area contributed by atoms with E-state index in [1.54, 1.807) is 42.5 Å². The third-order valence-corrected chi connectivity index (χ3v) is 4.26. The highest BCUT2D eigenvalue weighted by molar-refractivity contribution is 5.95. The molecule has 8 nitrogen and oxygen atoms in total. The fraction of sp³-hybridized carbons (Fsp3) is 0.182. The van der Waals surface area contributed by atoms with Crippen LogP contribution in [0.5, 0.6) is 5.75 Å². The molecule has 1 aromatic heterocycles. The van der Waals surface area contributed by atoms with E-state index in [0.717, 1.165) is 0 Å². The molecule has 30 heavy (non-hydrogen) atoms. The Bertz CT molecular complexity index is 1190. The largest absolute Gasteiger partial charge is 0.480 e. The third-order valence-electron chi connectivity index (χ3n) is 4.26. The first-order chi connectivity index (χ1) is 14.6. The lowest BCUT2D eigenvalue weighted by Crippen LogP contribution is -2.27. The summed E-state index contributed by atoms with van der Waals surface area (Å²) in [6, 6.07) is 13.7. The van der Waals surface area contributed by atoms with Gasteiger partial charge in [-0.3, -0.25) is 19.0 Å². The normalized spacial score (nSPS) is 10.1. The van der Waals surface area contributed by atoms with Crippen LogP contribution in [0.3, 0.4) is 0 Å². The summed E-state index contributed by atoms with van der Waals surface area (Å²) in [5, 5.41) is 3.18. The van der Waals surface area contributed by atoms with Crippen molar-refractivity contribution in [3.8, 4) is 17.6 Å². The van der Waals surface area contributed by atoms with Gasteiger partial charge < -0.3 is 15.8 Å². The molecule has 0 aliphatic heterocycles. The molecule has 0 atom stereocenters. The van der Waals surface area contributed by atoms with Crippen molar-refractivity contribution in [1.82, 2.24) is 14.9 Å². The second kappa shape index (κ2) is 9.89. The van der Waals surface area contributed by atoms with Gasteiger partial charge in [-0.1, -0.05) is 36.1 Å². The maximum atomic E-state index is 12.4. The summed E-state index contributed by atoms with van der Waals surface area (Å²) >= 11 is 0. The van der Waals surface area contributed by atoms with Gasteiger partial charge in [0.05, 0.1) is 29.3 Å². The molecule has 2 amide bonds. The van der Waals surface area contributed by atoms with Crippen LogP contribution < -0.4 is 21.3 Å². The summed E-state index contributed by atoms with van der Waals surface area (Å²) in [4.78, 5) is 39.9. The van der Waals surface area contributed by atoms with Crippen molar-refractivity contribution in [1.29, 1.82) is 0 Å². The van der Waals surface area contributed by atoms with Crippen LogP contribution in [0.15, 0.2) is 59.7 Å². The molecule has 0 aliphatic rings. The van der Waals surface area contributed by atoms with Crippen molar-refractivity contribution in [2.75, 3.05) is 13.2 Å². The number of rotatable bonds is 7. The minimum absolute atomic E-state index is 0.0539. The summed E-state index contributed by atoms with van der Waals surface area (Å²) in [6.45, 7) is 0.422. The Kier molecular flexibility index (Phi) is 6.79. The van der Waals surface area contributed by atoms with Gasteiger partial charge in [0.2, 0.25) is 5.91 Å². The van der Waals surface area contributed by atoms with Gasteiger partial charge in [0, 0.05) is 13.0 Å². The number of ether oxygens (including phenoxy) is 1. The molecule has 0 aliphatic carbocycles. The van der Waals surface area contributed by atoms with Gasteiger partial charge >= 0.3 is 0 Å². The second-order valence-electron chi connectivity index (χ2n) is 6.29. The van der Waals surface area contributed by atoms with E-state index in [1.807, 2.05) is 6.07 Å². The molecule has 3 rings (SSSR count). The number of carbonyl (C=O) groups excluding carboxylic acids is 2. The predicted octanol–water partition coefficient (Wildman–Crippen LogP) is 1.08. The van der Waals surface area contributed by atoms with Crippen molar-refractivity contribution in [2.45, 2.75) is 13.0 Å². The van der Waals surface area contributed by atoms with Crippen LogP contribution in [-0.2, 0) is 11.3 Å². The molecule has 1 heterocycles. The first-order valence-corrected chi connectivity index (χ1v) is 9.24. The second-order valence-corrected chi connectivity index (χ2v) is 6.29. The lowest BCUT2D eigenvalue weighted by molar-refractivity contribution is -0.121. The number of hydrogen-bond acceptors (Lipinski definition) is 5. The van der Waals surface area contributed by atoms with Crippen LogP contribution in [0.25, 0.3) is 10.9 Å². The van der Waals surface area contributed by atoms with Crippen LogP contribution in [0, 0.1) is 11.8 Å². The molecule has 3 aromatic rings. The Balaban J connectivity index is 1.44. The number of nitrogens with one attached hydrogen (secondary N) is 1. The highest BCUT2D eigenvalue weighted by Gasteiger charge is 2.07. The smallest absolute Gasteiger partial charge is 0.261 e. The van der Waals surface area contributed by atoms with Gasteiger partial charge in [-0.05, 0) is 24.3 Å². The minimum atomic E-state index is -0.577. The predicted molar refractivity (Wildman–Crippen MR) is 112 cm³/mol. The van der Waals surface area contributed by atoms with E-state index in [4.69, 9.17) is 10.5 Å². The molecule has 0 fully saturated rings. The van der Waals surface area contributed by atoms with Crippen molar-refractivity contribution >= 4 is 22.7 Å². The number of primary amides is 1. The van der Waals surface area contributed by atoms with Gasteiger partial charge in [-0.2, -0.15) is 0 Å². The number of para-hydroxylation sites is 2. The number of carbonyl (C=O) groups is 2. The average Bonchev–Trinajstić information content (AvgIpc) is 2.76. The van der Waals surface area contributed by atoms with E-state index in [9.17, 15) is 14.4 Å². The van der Waals surface area contributed by atoms with Gasteiger partial charge in [0.25, 0.3) is 11.5 Å². The Morgan fingerprint density at radius 3 is 2.70 bits per heavy atom. The molecule has 0 saturated heterocycles. The first-order valence-electron chi connectivity index (χ1n) is 9.24. The summed E-state index contributed by atoms with van der Waals surface area (Å²) in [5.41, 5.74) is 6.01. The number of fused-ring (bicyclic) bond motifs is 1. The van der Waals surface area contributed by atoms with E-state index >= 15 is 0 Å². The SMILES string of the molecule is NC(=O)c1ccccc1OCC#CCNC(=O)CCn1cnc2ccccc2c1=O. The van der Waals surface area contributed by atoms with Crippen molar-refractivity contribution in [3.05, 3.63) is 70.8 Å². The Morgan fingerprint density at radius 2 is 1.87 bits per heavy atom. The van der Waals surface area contributed by atoms with Crippen LogP contribution >= 0.6 is 0 Å². The summed E-state index contributed by atoms with van der Waals surface area (Å²) in [5.74, 6) is 5.07. The van der Waals surface area contributed by atoms with Crippen molar-refractivity contribution in [3.63, 3.8) is 0 Å². The third kappa shape index (κ3) is 5.23. The number of nitrogens with zero attached hydrogens (tertiary/aromatic N) is 2. The summed E-state index contributed by atoms with van der Waals surface area (Å²) < 4.78 is 6.84. The van der Waals surface area contributed by atoms with E-state index in [1.165, 1.54) is 10.9 Å². The quantitative estimate of drug-likeness (QED) is 0.572. The Hall–Kier alpha value is -4.12. The highest BCUT2D eigenvalue weighted by Crippen LogP contribution is 2.16. The van der Waals surface area contributed by atoms with Crippen molar-refractivity contribution < 1.29 is 14.3 Å². The van der Waals surface area contributed by atoms with E-state index < -0.39 is 5.91 Å². The molecule has 3 N–H and O–H groups in total. The maximum absolute atomic E-state index is 12.4. The topological polar surface area (TPSA) is 116 Å². The zero-order valence-corrected chi connectivity index (χ0v) is 16.1. The van der Waals surface area contributed by atoms with Crippen LogP contribution in [0.4, 0.5) is 0 Å². The minimum Gasteiger partial charge on any atom is -0.480 e. The number of benzene rings is 2. The molecule has 0 unspecified atom stereocenters. The molecule has 0 radical (unpaired) electrons. The fourth-order valence-electron chi connectivity index (χ4n) is 2.74. The van der Waals surface area contributed by atoms with Gasteiger partial charge in [-0.15, -0.1) is 0 Å². The number of nitrogens with two attached hydrogens (primary N) is 1. The zero-order valence-electron chi connectivity index (χ0n) is 16.1. The lowest BCUT2D eigenvalue weighted by atomic mass is 10.2. The molecular weight excluding hydrogens is 384 g/mol. The number of hydrogen-bond donors (Lipinski definition) is 2. The molecule has 2 aromatic carbocycles. The molecule has 0 spiro atoms. The summed E-state index contributed by atoms with van der Waals surface area (Å²) in [6.07, 6.45) is 1.57. The van der Waals surface area contributed by atoms with Gasteiger partial charge in [-0.25, -0.2) is 4.98 Å². The number of aryl methyl sites for hydroxylation is 1. The van der Waals surface area contributed by atoms with Crippen LogP contribution in [0.2, 0.25) is 0 Å². The monoisotopic (exact) mass is 404 g/mol. The maximum Gasteiger partial charge on any atom is 0.261 e. The van der Waals surface area contributed by atoms with Crippen LogP contribution in [0.1, 0.15) is 16.8 Å². The fourth-order valence-corrected chi connectivity index (χ4v) is 2.74. The van der Waals surface area contributed by atoms with Crippen LogP contribution in [-0.4, -0.2) is 34.5 Å². The zero-order chi connectivity index (χ0) is 21.3. The van der Waals surface area contributed by atoms with E-state index in [0.29, 0.717) is 16.7 Å². The van der Waals surface area contributed by atoms with Gasteiger partial charge in [0.1, 0.15) is 12.4 Å². The Labute approximate surface area is 172 Å². The number of amides is 2. The van der Waals surface area contributed by atoms with E-state index in [-0.39, 0.29) is 43.1 Å². The Morgan fingerprint density at radius 1 is 1.10 bits per heavy atom. The average molecular weight is 404 g/mol. The van der Waals surface area contributed by atoms with E-state index in [2.05, 4.69) is 22.1 Å². The molecule has 152 valence electrons. The standard InChI is InChI=1S/C22H20N4O4/c23-21(28)17-8-2-4-10-19(17)30-14-6-5-12-24-20(27)11-13-26-15-25-18-9-3-1-7-16(18)22(26)29/h1-4,7-10,15H,11-14H2,(H2,23,28)(H,24,27). The molecule has 8 heteroatoms.